The van der Waals surface area contributed by atoms with Gasteiger partial charge in [0.1, 0.15) is 19.0 Å². The maximum Gasteiger partial charge on any atom is 0.240 e. The number of nitrogens with zero attached hydrogens (tertiary/aromatic N) is 2. The number of aryl methyl sites for hydroxylation is 2. The highest BCUT2D eigenvalue weighted by Gasteiger charge is 2.19. The lowest BCUT2D eigenvalue weighted by molar-refractivity contribution is -0.130. The molecule has 0 spiro atoms. The zero-order valence-electron chi connectivity index (χ0n) is 18.1. The fourth-order valence-corrected chi connectivity index (χ4v) is 4.39. The van der Waals surface area contributed by atoms with Crippen LogP contribution in [0.2, 0.25) is 0 Å². The second kappa shape index (κ2) is 10.1. The Balaban J connectivity index is 1.37. The molecule has 0 radical (unpaired) electrons. The number of fused-ring (bicyclic) bond motifs is 1. The zero-order valence-corrected chi connectivity index (χ0v) is 19.0. The van der Waals surface area contributed by atoms with Gasteiger partial charge in [-0.2, -0.15) is 0 Å². The van der Waals surface area contributed by atoms with Crippen molar-refractivity contribution in [3.8, 4) is 11.5 Å². The van der Waals surface area contributed by atoms with E-state index in [2.05, 4.69) is 9.88 Å². The normalized spacial score (nSPS) is 13.3. The predicted octanol–water partition coefficient (Wildman–Crippen LogP) is 2.56. The number of carbonyl (C=O) groups is 1. The smallest absolute Gasteiger partial charge is 0.240 e. The number of ether oxygens (including phenoxy) is 2. The topological polar surface area (TPSA) is 111 Å². The van der Waals surface area contributed by atoms with E-state index in [0.29, 0.717) is 57.1 Å². The molecule has 2 heterocycles. The van der Waals surface area contributed by atoms with Gasteiger partial charge in [0.05, 0.1) is 17.1 Å². The summed E-state index contributed by atoms with van der Waals surface area (Å²) in [6, 6.07) is 4.58. The SMILES string of the molecule is Cc1noc(C)c1CN(C)C(=O)CCCCCNS(=O)(=O)c1ccc2c(c1)OCCO2. The molecular formula is C21H29N3O6S. The van der Waals surface area contributed by atoms with E-state index in [1.54, 1.807) is 18.0 Å². The second-order valence-electron chi connectivity index (χ2n) is 7.57. The molecule has 1 aliphatic heterocycles. The average molecular weight is 452 g/mol. The fourth-order valence-electron chi connectivity index (χ4n) is 3.30. The molecule has 10 heteroatoms. The molecule has 0 atom stereocenters. The first-order valence-electron chi connectivity index (χ1n) is 10.3. The lowest BCUT2D eigenvalue weighted by atomic mass is 10.1. The number of benzene rings is 1. The van der Waals surface area contributed by atoms with Crippen molar-refractivity contribution in [3.05, 3.63) is 35.2 Å². The van der Waals surface area contributed by atoms with Crippen LogP contribution in [0.4, 0.5) is 0 Å². The molecule has 0 aliphatic carbocycles. The summed E-state index contributed by atoms with van der Waals surface area (Å²) in [5, 5.41) is 3.91. The quantitative estimate of drug-likeness (QED) is 0.553. The molecule has 1 N–H and O–H groups in total. The second-order valence-corrected chi connectivity index (χ2v) is 9.33. The van der Waals surface area contributed by atoms with Gasteiger partial charge in [-0.25, -0.2) is 13.1 Å². The van der Waals surface area contributed by atoms with Gasteiger partial charge in [0.25, 0.3) is 0 Å². The van der Waals surface area contributed by atoms with Crippen LogP contribution in [0, 0.1) is 13.8 Å². The number of hydrogen-bond acceptors (Lipinski definition) is 7. The number of aromatic nitrogens is 1. The summed E-state index contributed by atoms with van der Waals surface area (Å²) in [4.78, 5) is 14.1. The Morgan fingerprint density at radius 1 is 1.13 bits per heavy atom. The lowest BCUT2D eigenvalue weighted by Crippen LogP contribution is -2.26. The third-order valence-corrected chi connectivity index (χ3v) is 6.64. The fraction of sp³-hybridized carbons (Fsp3) is 0.524. The number of unbranched alkanes of at least 4 members (excludes halogenated alkanes) is 2. The van der Waals surface area contributed by atoms with Gasteiger partial charge in [0, 0.05) is 31.6 Å². The Hall–Kier alpha value is -2.59. The van der Waals surface area contributed by atoms with E-state index in [9.17, 15) is 13.2 Å². The minimum absolute atomic E-state index is 0.0388. The number of sulfonamides is 1. The van der Waals surface area contributed by atoms with Crippen LogP contribution in [0.25, 0.3) is 0 Å². The zero-order chi connectivity index (χ0) is 22.4. The number of nitrogens with one attached hydrogen (secondary N) is 1. The monoisotopic (exact) mass is 451 g/mol. The first-order chi connectivity index (χ1) is 14.8. The van der Waals surface area contributed by atoms with Crippen molar-refractivity contribution < 1.29 is 27.2 Å². The summed E-state index contributed by atoms with van der Waals surface area (Å²) in [6.45, 7) is 5.32. The van der Waals surface area contributed by atoms with Gasteiger partial charge in [-0.3, -0.25) is 4.79 Å². The van der Waals surface area contributed by atoms with E-state index in [1.807, 2.05) is 13.8 Å². The summed E-state index contributed by atoms with van der Waals surface area (Å²) in [5.41, 5.74) is 1.73. The predicted molar refractivity (Wildman–Crippen MR) is 114 cm³/mol. The lowest BCUT2D eigenvalue weighted by Gasteiger charge is -2.19. The van der Waals surface area contributed by atoms with Crippen LogP contribution in [-0.4, -0.2) is 51.2 Å². The molecule has 1 amide bonds. The molecule has 1 aromatic heterocycles. The molecule has 1 aliphatic rings. The Morgan fingerprint density at radius 2 is 1.87 bits per heavy atom. The summed E-state index contributed by atoms with van der Waals surface area (Å²) in [5.74, 6) is 1.75. The number of amides is 1. The van der Waals surface area contributed by atoms with Gasteiger partial charge >= 0.3 is 0 Å². The molecule has 0 fully saturated rings. The summed E-state index contributed by atoms with van der Waals surface area (Å²) >= 11 is 0. The van der Waals surface area contributed by atoms with Crippen LogP contribution in [0.1, 0.15) is 42.7 Å². The Morgan fingerprint density at radius 3 is 2.58 bits per heavy atom. The van der Waals surface area contributed by atoms with E-state index in [0.717, 1.165) is 23.4 Å². The summed E-state index contributed by atoms with van der Waals surface area (Å²) in [7, 11) is -1.86. The third-order valence-electron chi connectivity index (χ3n) is 5.19. The largest absolute Gasteiger partial charge is 0.486 e. The van der Waals surface area contributed by atoms with Crippen LogP contribution >= 0.6 is 0 Å². The Bertz CT molecular complexity index is 999. The molecule has 0 unspecified atom stereocenters. The van der Waals surface area contributed by atoms with Crippen molar-refractivity contribution in [2.24, 2.45) is 0 Å². The van der Waals surface area contributed by atoms with Crippen molar-refractivity contribution in [3.63, 3.8) is 0 Å². The number of carbonyl (C=O) groups excluding carboxylic acids is 1. The highest BCUT2D eigenvalue weighted by molar-refractivity contribution is 7.89. The molecule has 3 rings (SSSR count). The highest BCUT2D eigenvalue weighted by Crippen LogP contribution is 2.32. The number of hydrogen-bond donors (Lipinski definition) is 1. The maximum absolute atomic E-state index is 12.5. The van der Waals surface area contributed by atoms with Crippen LogP contribution in [0.5, 0.6) is 11.5 Å². The van der Waals surface area contributed by atoms with Crippen molar-refractivity contribution in [1.82, 2.24) is 14.8 Å². The van der Waals surface area contributed by atoms with Gasteiger partial charge in [-0.1, -0.05) is 11.6 Å². The first kappa shape index (κ1) is 23.1. The van der Waals surface area contributed by atoms with Crippen molar-refractivity contribution in [1.29, 1.82) is 0 Å². The minimum atomic E-state index is -3.62. The van der Waals surface area contributed by atoms with Crippen LogP contribution < -0.4 is 14.2 Å². The third kappa shape index (κ3) is 5.98. The van der Waals surface area contributed by atoms with Crippen LogP contribution in [0.15, 0.2) is 27.6 Å². The van der Waals surface area contributed by atoms with E-state index in [1.165, 1.54) is 12.1 Å². The maximum atomic E-state index is 12.5. The molecule has 170 valence electrons. The molecule has 0 saturated carbocycles. The van der Waals surface area contributed by atoms with E-state index < -0.39 is 10.0 Å². The standard InChI is InChI=1S/C21H29N3O6S/c1-15-18(16(2)30-23-15)14-24(3)21(25)7-5-4-6-10-22-31(26,27)17-8-9-19-20(13-17)29-12-11-28-19/h8-9,13,22H,4-7,10-12,14H2,1-3H3. The highest BCUT2D eigenvalue weighted by atomic mass is 32.2. The summed E-state index contributed by atoms with van der Waals surface area (Å²) in [6.07, 6.45) is 2.49. The van der Waals surface area contributed by atoms with Crippen LogP contribution in [0.3, 0.4) is 0 Å². The Labute approximate surface area is 182 Å². The summed E-state index contributed by atoms with van der Waals surface area (Å²) < 4.78 is 43.5. The molecule has 2 aromatic rings. The van der Waals surface area contributed by atoms with Gasteiger partial charge in [0.15, 0.2) is 11.5 Å². The van der Waals surface area contributed by atoms with E-state index >= 15 is 0 Å². The first-order valence-corrected chi connectivity index (χ1v) is 11.8. The van der Waals surface area contributed by atoms with Gasteiger partial charge in [-0.15, -0.1) is 0 Å². The number of rotatable bonds is 10. The molecular weight excluding hydrogens is 422 g/mol. The van der Waals surface area contributed by atoms with Gasteiger partial charge in [0.2, 0.25) is 15.9 Å². The molecule has 0 saturated heterocycles. The van der Waals surface area contributed by atoms with Crippen molar-refractivity contribution in [2.45, 2.75) is 51.0 Å². The molecule has 0 bridgehead atoms. The van der Waals surface area contributed by atoms with Gasteiger partial charge in [-0.05, 0) is 38.8 Å². The molecule has 31 heavy (non-hydrogen) atoms. The molecule has 9 nitrogen and oxygen atoms in total. The average Bonchev–Trinajstić information content (AvgIpc) is 3.07. The Kier molecular flexibility index (Phi) is 7.55. The van der Waals surface area contributed by atoms with E-state index in [-0.39, 0.29) is 10.8 Å². The van der Waals surface area contributed by atoms with Gasteiger partial charge < -0.3 is 18.9 Å². The van der Waals surface area contributed by atoms with Crippen molar-refractivity contribution >= 4 is 15.9 Å². The van der Waals surface area contributed by atoms with Crippen molar-refractivity contribution in [2.75, 3.05) is 26.8 Å². The minimum Gasteiger partial charge on any atom is -0.486 e. The van der Waals surface area contributed by atoms with Crippen LogP contribution in [-0.2, 0) is 21.4 Å². The molecule has 1 aromatic carbocycles. The van der Waals surface area contributed by atoms with E-state index in [4.69, 9.17) is 14.0 Å².